The first-order chi connectivity index (χ1) is 12.9. The molecule has 2 saturated carbocycles. The summed E-state index contributed by atoms with van der Waals surface area (Å²) in [5.74, 6) is 0.210. The zero-order valence-corrected chi connectivity index (χ0v) is 18.3. The highest BCUT2D eigenvalue weighted by Gasteiger charge is 2.71. The molecule has 162 valence electrons. The van der Waals surface area contributed by atoms with Crippen molar-refractivity contribution in [2.45, 2.75) is 109 Å². The molecule has 0 aromatic carbocycles. The molecule has 9 atom stereocenters. The Bertz CT molecular complexity index is 604. The number of hydrogen-bond acceptors (Lipinski definition) is 6. The van der Waals surface area contributed by atoms with Crippen molar-refractivity contribution in [1.82, 2.24) is 0 Å². The summed E-state index contributed by atoms with van der Waals surface area (Å²) in [5, 5.41) is 22.0. The molecule has 0 spiro atoms. The summed E-state index contributed by atoms with van der Waals surface area (Å²) >= 11 is 0. The number of aliphatic hydroxyl groups excluding tert-OH is 1. The lowest BCUT2D eigenvalue weighted by atomic mass is 9.54. The number of ether oxygens (including phenoxy) is 2. The quantitative estimate of drug-likeness (QED) is 0.630. The first-order valence-electron chi connectivity index (χ1n) is 10.9. The van der Waals surface area contributed by atoms with E-state index in [-0.39, 0.29) is 23.2 Å². The van der Waals surface area contributed by atoms with Gasteiger partial charge in [-0.05, 0) is 56.3 Å². The largest absolute Gasteiger partial charge is 0.457 e. The third-order valence-electron chi connectivity index (χ3n) is 8.17. The summed E-state index contributed by atoms with van der Waals surface area (Å²) < 4.78 is 11.9. The van der Waals surface area contributed by atoms with Crippen molar-refractivity contribution >= 4 is 5.97 Å². The van der Waals surface area contributed by atoms with Gasteiger partial charge >= 0.3 is 5.97 Å². The number of carbonyl (C=O) groups is 1. The molecule has 3 aliphatic rings. The second kappa shape index (κ2) is 7.22. The van der Waals surface area contributed by atoms with E-state index < -0.39 is 41.5 Å². The summed E-state index contributed by atoms with van der Waals surface area (Å²) in [6.07, 6.45) is 2.34. The van der Waals surface area contributed by atoms with Crippen molar-refractivity contribution in [3.63, 3.8) is 0 Å². The van der Waals surface area contributed by atoms with Crippen molar-refractivity contribution in [3.05, 3.63) is 0 Å². The number of fused-ring (bicyclic) bond motifs is 3. The van der Waals surface area contributed by atoms with Gasteiger partial charge in [0.2, 0.25) is 0 Å². The maximum atomic E-state index is 11.6. The van der Waals surface area contributed by atoms with Gasteiger partial charge in [-0.1, -0.05) is 33.6 Å². The molecule has 9 unspecified atom stereocenters. The van der Waals surface area contributed by atoms with E-state index in [0.29, 0.717) is 6.42 Å². The van der Waals surface area contributed by atoms with Crippen LogP contribution in [0, 0.1) is 23.2 Å². The molecular weight excluding hydrogens is 358 g/mol. The molecule has 0 bridgehead atoms. The predicted octanol–water partition coefficient (Wildman–Crippen LogP) is 2.39. The Kier molecular flexibility index (Phi) is 5.68. The van der Waals surface area contributed by atoms with Gasteiger partial charge in [-0.15, -0.1) is 0 Å². The van der Waals surface area contributed by atoms with E-state index in [2.05, 4.69) is 20.8 Å². The van der Waals surface area contributed by atoms with Crippen LogP contribution < -0.4 is 5.73 Å². The highest BCUT2D eigenvalue weighted by molar-refractivity contribution is 5.66. The highest BCUT2D eigenvalue weighted by Crippen LogP contribution is 2.63. The normalized spacial score (nSPS) is 47.2. The molecule has 3 fully saturated rings. The fourth-order valence-electron chi connectivity index (χ4n) is 6.97. The average Bonchev–Trinajstić information content (AvgIpc) is 2.76. The maximum Gasteiger partial charge on any atom is 0.303 e. The number of esters is 1. The van der Waals surface area contributed by atoms with Crippen molar-refractivity contribution in [1.29, 1.82) is 0 Å². The predicted molar refractivity (Wildman–Crippen MR) is 106 cm³/mol. The van der Waals surface area contributed by atoms with Crippen LogP contribution in [0.15, 0.2) is 0 Å². The summed E-state index contributed by atoms with van der Waals surface area (Å²) in [6, 6.07) is 0. The molecule has 0 aromatic rings. The third-order valence-corrected chi connectivity index (χ3v) is 8.17. The summed E-state index contributed by atoms with van der Waals surface area (Å²) in [7, 11) is 0. The van der Waals surface area contributed by atoms with Gasteiger partial charge in [-0.3, -0.25) is 4.79 Å². The standard InChI is InChI=1S/C22H39NO5/c1-7-14-9-8-10-21(6)16-12(2)11-15(19(20(4,5)26)27-13(3)24)28-17(16)18(25)22(14,21)23/h12,14-19,25-26H,7-11,23H2,1-6H3. The van der Waals surface area contributed by atoms with Gasteiger partial charge in [0.05, 0.1) is 29.5 Å². The van der Waals surface area contributed by atoms with Crippen LogP contribution in [0.4, 0.5) is 0 Å². The van der Waals surface area contributed by atoms with Gasteiger partial charge in [0.25, 0.3) is 0 Å². The average molecular weight is 398 g/mol. The zero-order chi connectivity index (χ0) is 21.1. The van der Waals surface area contributed by atoms with E-state index in [9.17, 15) is 15.0 Å². The first-order valence-corrected chi connectivity index (χ1v) is 10.9. The van der Waals surface area contributed by atoms with Crippen LogP contribution in [-0.2, 0) is 14.3 Å². The minimum absolute atomic E-state index is 0.151. The van der Waals surface area contributed by atoms with Crippen LogP contribution in [0.2, 0.25) is 0 Å². The van der Waals surface area contributed by atoms with Crippen LogP contribution in [0.5, 0.6) is 0 Å². The fourth-order valence-corrected chi connectivity index (χ4v) is 6.97. The monoisotopic (exact) mass is 397 g/mol. The number of nitrogens with two attached hydrogens (primary N) is 1. The molecule has 0 radical (unpaired) electrons. The van der Waals surface area contributed by atoms with Crippen molar-refractivity contribution in [2.75, 3.05) is 0 Å². The minimum Gasteiger partial charge on any atom is -0.457 e. The molecule has 6 nitrogen and oxygen atoms in total. The van der Waals surface area contributed by atoms with Crippen LogP contribution in [0.1, 0.15) is 73.6 Å². The second-order valence-corrected chi connectivity index (χ2v) is 10.4. The molecule has 3 rings (SSSR count). The van der Waals surface area contributed by atoms with Crippen molar-refractivity contribution < 1.29 is 24.5 Å². The molecule has 2 aliphatic carbocycles. The van der Waals surface area contributed by atoms with E-state index >= 15 is 0 Å². The highest BCUT2D eigenvalue weighted by atomic mass is 16.6. The van der Waals surface area contributed by atoms with Crippen LogP contribution in [0.25, 0.3) is 0 Å². The number of rotatable bonds is 4. The summed E-state index contributed by atoms with van der Waals surface area (Å²) in [6.45, 7) is 11.2. The van der Waals surface area contributed by atoms with Gasteiger partial charge in [0.1, 0.15) is 0 Å². The second-order valence-electron chi connectivity index (χ2n) is 10.4. The molecule has 6 heteroatoms. The van der Waals surface area contributed by atoms with Gasteiger partial charge < -0.3 is 25.4 Å². The molecule has 28 heavy (non-hydrogen) atoms. The van der Waals surface area contributed by atoms with Crippen LogP contribution in [0.3, 0.4) is 0 Å². The summed E-state index contributed by atoms with van der Waals surface area (Å²) in [5.41, 5.74) is 4.94. The molecule has 0 amide bonds. The topological polar surface area (TPSA) is 102 Å². The fraction of sp³-hybridized carbons (Fsp3) is 0.955. The van der Waals surface area contributed by atoms with Gasteiger partial charge in [-0.25, -0.2) is 0 Å². The molecule has 0 aromatic heterocycles. The smallest absolute Gasteiger partial charge is 0.303 e. The van der Waals surface area contributed by atoms with Crippen LogP contribution in [-0.4, -0.2) is 51.7 Å². The van der Waals surface area contributed by atoms with Gasteiger partial charge in [-0.2, -0.15) is 0 Å². The third kappa shape index (κ3) is 3.11. The lowest BCUT2D eigenvalue weighted by molar-refractivity contribution is -0.216. The number of carbonyl (C=O) groups excluding carboxylic acids is 1. The van der Waals surface area contributed by atoms with Crippen molar-refractivity contribution in [2.24, 2.45) is 28.9 Å². The van der Waals surface area contributed by atoms with Gasteiger partial charge in [0, 0.05) is 6.92 Å². The van der Waals surface area contributed by atoms with Gasteiger partial charge in [0.15, 0.2) is 6.10 Å². The van der Waals surface area contributed by atoms with E-state index in [4.69, 9.17) is 15.2 Å². The first kappa shape index (κ1) is 22.0. The van der Waals surface area contributed by atoms with E-state index in [0.717, 1.165) is 25.7 Å². The summed E-state index contributed by atoms with van der Waals surface area (Å²) in [4.78, 5) is 11.6. The molecule has 1 saturated heterocycles. The van der Waals surface area contributed by atoms with Crippen molar-refractivity contribution in [3.8, 4) is 0 Å². The Balaban J connectivity index is 1.96. The van der Waals surface area contributed by atoms with E-state index in [1.54, 1.807) is 13.8 Å². The lowest BCUT2D eigenvalue weighted by Crippen LogP contribution is -2.65. The Labute approximate surface area is 169 Å². The molecule has 4 N–H and O–H groups in total. The molecular formula is C22H39NO5. The lowest BCUT2D eigenvalue weighted by Gasteiger charge is -2.54. The minimum atomic E-state index is -1.24. The molecule has 1 heterocycles. The SMILES string of the molecule is CCC1CCCC2(C)C3C(C)CC(C(OC(C)=O)C(C)(C)O)OC3C(O)C12N. The number of hydrogen-bond donors (Lipinski definition) is 3. The zero-order valence-electron chi connectivity index (χ0n) is 18.3. The maximum absolute atomic E-state index is 11.6. The van der Waals surface area contributed by atoms with E-state index in [1.165, 1.54) is 6.92 Å². The Morgan fingerprint density at radius 1 is 1.43 bits per heavy atom. The number of aliphatic hydroxyl groups is 2. The van der Waals surface area contributed by atoms with Crippen LogP contribution >= 0.6 is 0 Å². The Morgan fingerprint density at radius 3 is 2.61 bits per heavy atom. The Hall–Kier alpha value is -0.690. The Morgan fingerprint density at radius 2 is 2.07 bits per heavy atom. The van der Waals surface area contributed by atoms with E-state index in [1.807, 2.05) is 0 Å². The molecule has 1 aliphatic heterocycles.